The van der Waals surface area contributed by atoms with E-state index in [0.29, 0.717) is 29.4 Å². The van der Waals surface area contributed by atoms with Crippen LogP contribution in [0.5, 0.6) is 5.75 Å². The molecule has 3 aromatic rings. The highest BCUT2D eigenvalue weighted by Gasteiger charge is 2.32. The van der Waals surface area contributed by atoms with Gasteiger partial charge in [0.15, 0.2) is 10.6 Å². The molecule has 0 spiro atoms. The Morgan fingerprint density at radius 3 is 2.48 bits per heavy atom. The largest absolute Gasteiger partial charge is 0.573 e. The van der Waals surface area contributed by atoms with E-state index in [0.717, 1.165) is 5.56 Å². The second-order valence-corrected chi connectivity index (χ2v) is 6.76. The van der Waals surface area contributed by atoms with Crippen molar-refractivity contribution in [3.05, 3.63) is 59.1 Å². The maximum atomic E-state index is 12.6. The summed E-state index contributed by atoms with van der Waals surface area (Å²) in [5, 5.41) is 4.61. The maximum Gasteiger partial charge on any atom is 0.573 e. The fraction of sp³-hybridized carbons (Fsp3) is 0.316. The van der Waals surface area contributed by atoms with Gasteiger partial charge in [-0.05, 0) is 44.4 Å². The Morgan fingerprint density at radius 2 is 1.83 bits per heavy atom. The van der Waals surface area contributed by atoms with E-state index in [1.807, 2.05) is 28.5 Å². The second kappa shape index (κ2) is 8.75. The van der Waals surface area contributed by atoms with Gasteiger partial charge in [-0.15, -0.1) is 13.2 Å². The van der Waals surface area contributed by atoms with E-state index in [2.05, 4.69) is 14.8 Å². The molecule has 0 radical (unpaired) electrons. The van der Waals surface area contributed by atoms with Crippen LogP contribution in [-0.2, 0) is 19.8 Å². The molecule has 0 saturated carbocycles. The van der Waals surface area contributed by atoms with Crippen LogP contribution in [0.1, 0.15) is 12.5 Å². The number of pyridine rings is 1. The fourth-order valence-electron chi connectivity index (χ4n) is 2.96. The summed E-state index contributed by atoms with van der Waals surface area (Å²) in [6, 6.07) is 9.78. The lowest BCUT2D eigenvalue weighted by Gasteiger charge is -2.19. The van der Waals surface area contributed by atoms with Crippen molar-refractivity contribution in [3.8, 4) is 17.1 Å². The quantitative estimate of drug-likeness (QED) is 0.525. The summed E-state index contributed by atoms with van der Waals surface area (Å²) >= 11 is 5.54. The number of alkyl halides is 3. The number of hydrogen-bond acceptors (Lipinski definition) is 5. The molecule has 0 N–H and O–H groups in total. The number of para-hydroxylation sites is 1. The Morgan fingerprint density at radius 1 is 1.14 bits per heavy atom. The van der Waals surface area contributed by atoms with Crippen LogP contribution >= 0.6 is 12.2 Å². The average Bonchev–Trinajstić information content (AvgIpc) is 2.98. The lowest BCUT2D eigenvalue weighted by molar-refractivity contribution is -0.275. The molecule has 154 valence electrons. The van der Waals surface area contributed by atoms with Crippen molar-refractivity contribution >= 4 is 12.2 Å². The molecule has 0 amide bonds. The van der Waals surface area contributed by atoms with Gasteiger partial charge in [-0.25, -0.2) is 4.68 Å². The van der Waals surface area contributed by atoms with Gasteiger partial charge in [0.05, 0.1) is 6.67 Å². The normalized spacial score (nSPS) is 11.8. The molecule has 0 unspecified atom stereocenters. The first-order valence-electron chi connectivity index (χ1n) is 8.88. The van der Waals surface area contributed by atoms with Crippen LogP contribution in [-0.4, -0.2) is 37.6 Å². The van der Waals surface area contributed by atoms with Gasteiger partial charge in [-0.2, -0.15) is 5.10 Å². The standard InChI is InChI=1S/C19H20F3N5OS/c1-3-26-17(14-8-10-23-11-9-14)24-27(18(26)29)13-25(2)12-15-6-4-5-7-16(15)28-19(20,21)22/h4-11H,3,12-13H2,1-2H3. The van der Waals surface area contributed by atoms with Crippen LogP contribution in [0, 0.1) is 4.77 Å². The SMILES string of the molecule is CCn1c(-c2ccncc2)nn(CN(C)Cc2ccccc2OC(F)(F)F)c1=S. The highest BCUT2D eigenvalue weighted by Crippen LogP contribution is 2.27. The summed E-state index contributed by atoms with van der Waals surface area (Å²) in [6.45, 7) is 3.16. The summed E-state index contributed by atoms with van der Waals surface area (Å²) in [5.74, 6) is 0.501. The van der Waals surface area contributed by atoms with Crippen LogP contribution in [0.25, 0.3) is 11.4 Å². The van der Waals surface area contributed by atoms with E-state index in [1.165, 1.54) is 12.1 Å². The number of ether oxygens (including phenoxy) is 1. The minimum atomic E-state index is -4.74. The lowest BCUT2D eigenvalue weighted by Crippen LogP contribution is -2.24. The molecule has 2 heterocycles. The van der Waals surface area contributed by atoms with E-state index in [4.69, 9.17) is 12.2 Å². The van der Waals surface area contributed by atoms with Crippen molar-refractivity contribution in [1.29, 1.82) is 0 Å². The summed E-state index contributed by atoms with van der Waals surface area (Å²) < 4.78 is 46.1. The van der Waals surface area contributed by atoms with Gasteiger partial charge in [0.1, 0.15) is 5.75 Å². The highest BCUT2D eigenvalue weighted by molar-refractivity contribution is 7.71. The topological polar surface area (TPSA) is 48.1 Å². The molecule has 0 bridgehead atoms. The van der Waals surface area contributed by atoms with E-state index >= 15 is 0 Å². The first kappa shape index (κ1) is 21.0. The molecule has 0 atom stereocenters. The van der Waals surface area contributed by atoms with Crippen molar-refractivity contribution < 1.29 is 17.9 Å². The van der Waals surface area contributed by atoms with E-state index in [-0.39, 0.29) is 12.3 Å². The van der Waals surface area contributed by atoms with Crippen LogP contribution in [0.2, 0.25) is 0 Å². The number of aromatic nitrogens is 4. The van der Waals surface area contributed by atoms with Crippen molar-refractivity contribution in [2.24, 2.45) is 0 Å². The molecule has 2 aromatic heterocycles. The van der Waals surface area contributed by atoms with Gasteiger partial charge in [-0.3, -0.25) is 9.88 Å². The zero-order valence-electron chi connectivity index (χ0n) is 15.9. The van der Waals surface area contributed by atoms with Crippen LogP contribution < -0.4 is 4.74 Å². The number of benzene rings is 1. The molecule has 1 aromatic carbocycles. The monoisotopic (exact) mass is 423 g/mol. The van der Waals surface area contributed by atoms with Crippen molar-refractivity contribution in [1.82, 2.24) is 24.2 Å². The minimum absolute atomic E-state index is 0.216. The molecule has 10 heteroatoms. The van der Waals surface area contributed by atoms with Gasteiger partial charge >= 0.3 is 6.36 Å². The maximum absolute atomic E-state index is 12.6. The molecular weight excluding hydrogens is 403 g/mol. The molecule has 0 saturated heterocycles. The van der Waals surface area contributed by atoms with Crippen LogP contribution in [0.15, 0.2) is 48.8 Å². The Hall–Kier alpha value is -2.72. The van der Waals surface area contributed by atoms with Gasteiger partial charge in [0, 0.05) is 36.6 Å². The second-order valence-electron chi connectivity index (χ2n) is 6.40. The number of nitrogens with zero attached hydrogens (tertiary/aromatic N) is 5. The third-order valence-corrected chi connectivity index (χ3v) is 4.62. The van der Waals surface area contributed by atoms with E-state index < -0.39 is 6.36 Å². The molecule has 29 heavy (non-hydrogen) atoms. The molecule has 0 aliphatic heterocycles. The van der Waals surface area contributed by atoms with Gasteiger partial charge in [0.2, 0.25) is 0 Å². The van der Waals surface area contributed by atoms with Crippen LogP contribution in [0.4, 0.5) is 13.2 Å². The Kier molecular flexibility index (Phi) is 6.33. The molecular formula is C19H20F3N5OS. The summed E-state index contributed by atoms with van der Waals surface area (Å²) in [7, 11) is 1.78. The smallest absolute Gasteiger partial charge is 0.405 e. The zero-order valence-corrected chi connectivity index (χ0v) is 16.7. The number of hydrogen-bond donors (Lipinski definition) is 0. The first-order valence-corrected chi connectivity index (χ1v) is 9.29. The average molecular weight is 423 g/mol. The Labute approximate surface area is 171 Å². The molecule has 6 nitrogen and oxygen atoms in total. The molecule has 0 fully saturated rings. The Bertz CT molecular complexity index is 1020. The summed E-state index contributed by atoms with van der Waals surface area (Å²) in [5.41, 5.74) is 1.31. The summed E-state index contributed by atoms with van der Waals surface area (Å²) in [4.78, 5) is 5.83. The fourth-order valence-corrected chi connectivity index (χ4v) is 3.28. The zero-order chi connectivity index (χ0) is 21.0. The van der Waals surface area contributed by atoms with Gasteiger partial charge in [-0.1, -0.05) is 18.2 Å². The lowest BCUT2D eigenvalue weighted by atomic mass is 10.2. The van der Waals surface area contributed by atoms with Crippen molar-refractivity contribution in [2.45, 2.75) is 33.0 Å². The Balaban J connectivity index is 1.81. The first-order chi connectivity index (χ1) is 13.8. The number of halogens is 3. The predicted octanol–water partition coefficient (Wildman–Crippen LogP) is 4.48. The van der Waals surface area contributed by atoms with E-state index in [1.54, 1.807) is 36.3 Å². The molecule has 3 rings (SSSR count). The van der Waals surface area contributed by atoms with Gasteiger partial charge < -0.3 is 9.30 Å². The minimum Gasteiger partial charge on any atom is -0.405 e. The van der Waals surface area contributed by atoms with Gasteiger partial charge in [0.25, 0.3) is 0 Å². The van der Waals surface area contributed by atoms with Crippen molar-refractivity contribution in [2.75, 3.05) is 7.05 Å². The van der Waals surface area contributed by atoms with Crippen molar-refractivity contribution in [3.63, 3.8) is 0 Å². The third-order valence-electron chi connectivity index (χ3n) is 4.19. The van der Waals surface area contributed by atoms with Crippen LogP contribution in [0.3, 0.4) is 0 Å². The predicted molar refractivity (Wildman–Crippen MR) is 105 cm³/mol. The molecule has 0 aliphatic rings. The van der Waals surface area contributed by atoms with E-state index in [9.17, 15) is 13.2 Å². The third kappa shape index (κ3) is 5.21. The summed E-state index contributed by atoms with van der Waals surface area (Å²) in [6.07, 6.45) is -1.38. The number of rotatable bonds is 7. The molecule has 0 aliphatic carbocycles. The highest BCUT2D eigenvalue weighted by atomic mass is 32.1.